The Morgan fingerprint density at radius 1 is 1.43 bits per heavy atom. The first-order chi connectivity index (χ1) is 9.97. The molecule has 0 saturated heterocycles. The third-order valence-corrected chi connectivity index (χ3v) is 3.06. The summed E-state index contributed by atoms with van der Waals surface area (Å²) in [5.74, 6) is -0.864. The average Bonchev–Trinajstić information content (AvgIpc) is 2.42. The van der Waals surface area contributed by atoms with Gasteiger partial charge in [0.1, 0.15) is 5.15 Å². The van der Waals surface area contributed by atoms with Crippen LogP contribution in [0.3, 0.4) is 0 Å². The Kier molecular flexibility index (Phi) is 4.54. The van der Waals surface area contributed by atoms with Gasteiger partial charge in [0, 0.05) is 30.2 Å². The SMILES string of the molecule is Nc1cc(Cl)ncc1CCNc1ccc(F)c([N+](=O)[O-])c1. The molecule has 0 unspecified atom stereocenters. The Labute approximate surface area is 124 Å². The number of rotatable bonds is 5. The van der Waals surface area contributed by atoms with E-state index in [2.05, 4.69) is 10.3 Å². The summed E-state index contributed by atoms with van der Waals surface area (Å²) < 4.78 is 13.2. The highest BCUT2D eigenvalue weighted by molar-refractivity contribution is 6.29. The molecule has 0 amide bonds. The van der Waals surface area contributed by atoms with E-state index < -0.39 is 16.4 Å². The zero-order chi connectivity index (χ0) is 15.4. The molecule has 2 aromatic rings. The fourth-order valence-electron chi connectivity index (χ4n) is 1.79. The van der Waals surface area contributed by atoms with Crippen LogP contribution in [0.4, 0.5) is 21.5 Å². The van der Waals surface area contributed by atoms with Crippen LogP contribution in [0.15, 0.2) is 30.5 Å². The number of pyridine rings is 1. The van der Waals surface area contributed by atoms with Crippen molar-refractivity contribution in [1.82, 2.24) is 4.98 Å². The predicted octanol–water partition coefficient (Wildman–Crippen LogP) is 3.02. The van der Waals surface area contributed by atoms with Gasteiger partial charge in [-0.05, 0) is 30.2 Å². The highest BCUT2D eigenvalue weighted by Crippen LogP contribution is 2.22. The van der Waals surface area contributed by atoms with Gasteiger partial charge in [-0.1, -0.05) is 11.6 Å². The van der Waals surface area contributed by atoms with Gasteiger partial charge in [-0.2, -0.15) is 4.39 Å². The van der Waals surface area contributed by atoms with Gasteiger partial charge < -0.3 is 11.1 Å². The number of nitrogens with one attached hydrogen (secondary N) is 1. The first kappa shape index (κ1) is 15.0. The number of nitrogens with zero attached hydrogens (tertiary/aromatic N) is 2. The van der Waals surface area contributed by atoms with Crippen molar-refractivity contribution >= 4 is 28.7 Å². The van der Waals surface area contributed by atoms with Gasteiger partial charge in [-0.15, -0.1) is 0 Å². The third-order valence-electron chi connectivity index (χ3n) is 2.86. The maximum atomic E-state index is 13.2. The van der Waals surface area contributed by atoms with E-state index in [0.29, 0.717) is 29.5 Å². The van der Waals surface area contributed by atoms with E-state index in [-0.39, 0.29) is 0 Å². The molecule has 1 aromatic heterocycles. The molecule has 8 heteroatoms. The molecule has 2 rings (SSSR count). The summed E-state index contributed by atoms with van der Waals surface area (Å²) in [7, 11) is 0. The van der Waals surface area contributed by atoms with Crippen LogP contribution >= 0.6 is 11.6 Å². The van der Waals surface area contributed by atoms with E-state index in [1.165, 1.54) is 6.07 Å². The van der Waals surface area contributed by atoms with Gasteiger partial charge >= 0.3 is 5.69 Å². The second-order valence-electron chi connectivity index (χ2n) is 4.31. The van der Waals surface area contributed by atoms with E-state index in [4.69, 9.17) is 17.3 Å². The van der Waals surface area contributed by atoms with Crippen LogP contribution in [0.1, 0.15) is 5.56 Å². The first-order valence-electron chi connectivity index (χ1n) is 6.05. The van der Waals surface area contributed by atoms with Crippen LogP contribution in [0.25, 0.3) is 0 Å². The average molecular weight is 311 g/mol. The predicted molar refractivity (Wildman–Crippen MR) is 78.9 cm³/mol. The van der Waals surface area contributed by atoms with Crippen LogP contribution in [0.2, 0.25) is 5.15 Å². The van der Waals surface area contributed by atoms with E-state index in [1.807, 2.05) is 0 Å². The van der Waals surface area contributed by atoms with Gasteiger partial charge in [0.15, 0.2) is 0 Å². The number of nitro groups is 1. The van der Waals surface area contributed by atoms with Crippen LogP contribution in [0, 0.1) is 15.9 Å². The van der Waals surface area contributed by atoms with Crippen molar-refractivity contribution in [2.75, 3.05) is 17.6 Å². The second-order valence-corrected chi connectivity index (χ2v) is 4.69. The molecule has 21 heavy (non-hydrogen) atoms. The normalized spacial score (nSPS) is 10.4. The molecular weight excluding hydrogens is 299 g/mol. The van der Waals surface area contributed by atoms with E-state index in [9.17, 15) is 14.5 Å². The molecule has 0 aliphatic heterocycles. The monoisotopic (exact) mass is 310 g/mol. The molecule has 1 aromatic carbocycles. The lowest BCUT2D eigenvalue weighted by Crippen LogP contribution is -2.07. The van der Waals surface area contributed by atoms with Gasteiger partial charge in [-0.3, -0.25) is 10.1 Å². The topological polar surface area (TPSA) is 94.1 Å². The van der Waals surface area contributed by atoms with Crippen molar-refractivity contribution in [3.05, 3.63) is 57.1 Å². The van der Waals surface area contributed by atoms with Crippen molar-refractivity contribution < 1.29 is 9.31 Å². The summed E-state index contributed by atoms with van der Waals surface area (Å²) in [5, 5.41) is 13.9. The van der Waals surface area contributed by atoms with E-state index >= 15 is 0 Å². The van der Waals surface area contributed by atoms with Crippen molar-refractivity contribution in [2.45, 2.75) is 6.42 Å². The Morgan fingerprint density at radius 3 is 2.86 bits per heavy atom. The van der Waals surface area contributed by atoms with Crippen molar-refractivity contribution in [1.29, 1.82) is 0 Å². The molecule has 0 aliphatic carbocycles. The summed E-state index contributed by atoms with van der Waals surface area (Å²) in [4.78, 5) is 13.8. The largest absolute Gasteiger partial charge is 0.398 e. The van der Waals surface area contributed by atoms with Crippen molar-refractivity contribution in [3.63, 3.8) is 0 Å². The fourth-order valence-corrected chi connectivity index (χ4v) is 1.95. The number of benzene rings is 1. The van der Waals surface area contributed by atoms with Crippen molar-refractivity contribution in [3.8, 4) is 0 Å². The number of anilines is 2. The Balaban J connectivity index is 2.00. The number of hydrogen-bond acceptors (Lipinski definition) is 5. The molecule has 0 aliphatic rings. The zero-order valence-electron chi connectivity index (χ0n) is 10.8. The zero-order valence-corrected chi connectivity index (χ0v) is 11.6. The molecule has 0 bridgehead atoms. The number of halogens is 2. The van der Waals surface area contributed by atoms with Crippen molar-refractivity contribution in [2.24, 2.45) is 0 Å². The molecule has 0 saturated carbocycles. The van der Waals surface area contributed by atoms with Crippen LogP contribution < -0.4 is 11.1 Å². The van der Waals surface area contributed by atoms with Gasteiger partial charge in [-0.25, -0.2) is 4.98 Å². The molecule has 0 fully saturated rings. The molecule has 0 spiro atoms. The third kappa shape index (κ3) is 3.79. The van der Waals surface area contributed by atoms with Crippen LogP contribution in [-0.2, 0) is 6.42 Å². The van der Waals surface area contributed by atoms with Gasteiger partial charge in [0.2, 0.25) is 5.82 Å². The standard InChI is InChI=1S/C13H12ClFN4O2/c14-13-6-11(16)8(7-18-13)3-4-17-9-1-2-10(15)12(5-9)19(20)21/h1-2,5-7,17H,3-4H2,(H2,16,18). The summed E-state index contributed by atoms with van der Waals surface area (Å²) in [6, 6.07) is 5.20. The highest BCUT2D eigenvalue weighted by atomic mass is 35.5. The first-order valence-corrected chi connectivity index (χ1v) is 6.43. The van der Waals surface area contributed by atoms with Gasteiger partial charge in [0.05, 0.1) is 4.92 Å². The van der Waals surface area contributed by atoms with E-state index in [0.717, 1.165) is 17.7 Å². The number of nitrogens with two attached hydrogens (primary N) is 1. The lowest BCUT2D eigenvalue weighted by atomic mass is 10.1. The number of aromatic nitrogens is 1. The Bertz CT molecular complexity index is 681. The summed E-state index contributed by atoms with van der Waals surface area (Å²) in [5.41, 5.74) is 7.03. The van der Waals surface area contributed by atoms with Crippen LogP contribution in [-0.4, -0.2) is 16.5 Å². The lowest BCUT2D eigenvalue weighted by Gasteiger charge is -2.08. The Morgan fingerprint density at radius 2 is 2.19 bits per heavy atom. The molecule has 6 nitrogen and oxygen atoms in total. The number of nitro benzene ring substituents is 1. The molecule has 0 radical (unpaired) electrons. The van der Waals surface area contributed by atoms with E-state index in [1.54, 1.807) is 12.3 Å². The highest BCUT2D eigenvalue weighted by Gasteiger charge is 2.14. The quantitative estimate of drug-likeness (QED) is 0.503. The smallest absolute Gasteiger partial charge is 0.306 e. The summed E-state index contributed by atoms with van der Waals surface area (Å²) >= 11 is 5.70. The molecule has 110 valence electrons. The second kappa shape index (κ2) is 6.36. The minimum atomic E-state index is -0.864. The molecule has 1 heterocycles. The lowest BCUT2D eigenvalue weighted by molar-refractivity contribution is -0.387. The van der Waals surface area contributed by atoms with Gasteiger partial charge in [0.25, 0.3) is 0 Å². The van der Waals surface area contributed by atoms with Crippen LogP contribution in [0.5, 0.6) is 0 Å². The fraction of sp³-hybridized carbons (Fsp3) is 0.154. The minimum Gasteiger partial charge on any atom is -0.398 e. The minimum absolute atomic E-state index is 0.318. The summed E-state index contributed by atoms with van der Waals surface area (Å²) in [6.07, 6.45) is 2.13. The Hall–Kier alpha value is -2.41. The maximum Gasteiger partial charge on any atom is 0.306 e. The molecular formula is C13H12ClFN4O2. The molecule has 3 N–H and O–H groups in total. The summed E-state index contributed by atoms with van der Waals surface area (Å²) in [6.45, 7) is 0.469. The number of nitrogen functional groups attached to an aromatic ring is 1. The maximum absolute atomic E-state index is 13.2. The number of hydrogen-bond donors (Lipinski definition) is 2. The molecule has 0 atom stereocenters.